The van der Waals surface area contributed by atoms with Gasteiger partial charge in [0.05, 0.1) is 49.4 Å². The van der Waals surface area contributed by atoms with Crippen LogP contribution in [0.1, 0.15) is 26.3 Å². The molecule has 0 spiro atoms. The lowest BCUT2D eigenvalue weighted by Crippen LogP contribution is -2.09. The van der Waals surface area contributed by atoms with Crippen molar-refractivity contribution in [2.45, 2.75) is 0 Å². The molecule has 3 aromatic carbocycles. The van der Waals surface area contributed by atoms with Crippen LogP contribution in [0.2, 0.25) is 5.02 Å². The minimum atomic E-state index is -1.13. The molecule has 0 aromatic heterocycles. The molecule has 3 rings (SSSR count). The third-order valence-electron chi connectivity index (χ3n) is 4.60. The molecule has 0 atom stereocenters. The molecule has 0 aliphatic heterocycles. The largest absolute Gasteiger partial charge is 0.493 e. The Bertz CT molecular complexity index is 1200. The fraction of sp³-hybridized carbons (Fsp3) is 0.125. The number of hydrogen-bond acceptors (Lipinski definition) is 8. The first-order valence-electron chi connectivity index (χ1n) is 9.80. The number of anilines is 1. The number of esters is 1. The number of nitrogens with one attached hydrogen (secondary N) is 1. The molecule has 0 aliphatic rings. The van der Waals surface area contributed by atoms with Gasteiger partial charge in [0.25, 0.3) is 0 Å². The van der Waals surface area contributed by atoms with Crippen LogP contribution in [0.3, 0.4) is 0 Å². The first-order chi connectivity index (χ1) is 16.4. The van der Waals surface area contributed by atoms with Crippen molar-refractivity contribution < 1.29 is 33.6 Å². The fourth-order valence-corrected chi connectivity index (χ4v) is 3.13. The van der Waals surface area contributed by atoms with E-state index < -0.39 is 11.9 Å². The van der Waals surface area contributed by atoms with Crippen molar-refractivity contribution in [2.75, 3.05) is 26.8 Å². The summed E-state index contributed by atoms with van der Waals surface area (Å²) >= 11 is 5.85. The number of aromatic carboxylic acids is 1. The van der Waals surface area contributed by atoms with E-state index in [0.717, 1.165) is 0 Å². The molecule has 3 aromatic rings. The van der Waals surface area contributed by atoms with Gasteiger partial charge >= 0.3 is 11.9 Å². The predicted octanol–water partition coefficient (Wildman–Crippen LogP) is 4.73. The molecule has 0 saturated carbocycles. The van der Waals surface area contributed by atoms with Crippen molar-refractivity contribution in [3.8, 4) is 23.0 Å². The number of carboxylic acid groups (broad SMARTS) is 1. The number of nitrogens with zero attached hydrogens (tertiary/aromatic N) is 1. The third-order valence-corrected chi connectivity index (χ3v) is 4.92. The zero-order valence-electron chi connectivity index (χ0n) is 18.5. The fourth-order valence-electron chi connectivity index (χ4n) is 2.93. The van der Waals surface area contributed by atoms with E-state index in [0.29, 0.717) is 34.2 Å². The lowest BCUT2D eigenvalue weighted by molar-refractivity contribution is 0.0694. The van der Waals surface area contributed by atoms with Crippen molar-refractivity contribution in [1.82, 2.24) is 0 Å². The van der Waals surface area contributed by atoms with E-state index in [2.05, 4.69) is 10.5 Å². The highest BCUT2D eigenvalue weighted by atomic mass is 35.5. The molecule has 0 unspecified atom stereocenters. The van der Waals surface area contributed by atoms with E-state index in [1.807, 2.05) is 0 Å². The maximum atomic E-state index is 12.6. The molecule has 0 aliphatic carbocycles. The summed E-state index contributed by atoms with van der Waals surface area (Å²) in [6.45, 7) is 0. The summed E-state index contributed by atoms with van der Waals surface area (Å²) in [5.41, 5.74) is 4.13. The summed E-state index contributed by atoms with van der Waals surface area (Å²) in [4.78, 5) is 23.8. The van der Waals surface area contributed by atoms with E-state index in [-0.39, 0.29) is 16.1 Å². The number of benzene rings is 3. The monoisotopic (exact) mass is 484 g/mol. The number of rotatable bonds is 9. The molecule has 9 nitrogen and oxygen atoms in total. The molecular formula is C24H21ClN2O7. The Labute approximate surface area is 200 Å². The summed E-state index contributed by atoms with van der Waals surface area (Å²) in [5.74, 6) is -0.356. The maximum absolute atomic E-state index is 12.6. The van der Waals surface area contributed by atoms with Crippen LogP contribution in [0.5, 0.6) is 23.0 Å². The Morgan fingerprint density at radius 3 is 2.15 bits per heavy atom. The van der Waals surface area contributed by atoms with Gasteiger partial charge in [0.15, 0.2) is 11.5 Å². The van der Waals surface area contributed by atoms with E-state index in [4.69, 9.17) is 35.7 Å². The summed E-state index contributed by atoms with van der Waals surface area (Å²) in [6.07, 6.45) is 1.53. The molecule has 0 amide bonds. The van der Waals surface area contributed by atoms with Crippen molar-refractivity contribution in [1.29, 1.82) is 0 Å². The lowest BCUT2D eigenvalue weighted by Gasteiger charge is -2.13. The molecule has 2 N–H and O–H groups in total. The number of hydrazone groups is 1. The van der Waals surface area contributed by atoms with Gasteiger partial charge in [-0.05, 0) is 60.2 Å². The van der Waals surface area contributed by atoms with Gasteiger partial charge < -0.3 is 24.1 Å². The van der Waals surface area contributed by atoms with Crippen LogP contribution in [0, 0.1) is 0 Å². The van der Waals surface area contributed by atoms with E-state index in [1.165, 1.54) is 51.8 Å². The quantitative estimate of drug-likeness (QED) is 0.194. The Kier molecular flexibility index (Phi) is 7.94. The smallest absolute Gasteiger partial charge is 0.343 e. The molecule has 176 valence electrons. The Morgan fingerprint density at radius 2 is 1.59 bits per heavy atom. The van der Waals surface area contributed by atoms with Gasteiger partial charge in [-0.15, -0.1) is 0 Å². The molecular weight excluding hydrogens is 464 g/mol. The number of methoxy groups -OCH3 is 3. The number of carbonyl (C=O) groups excluding carboxylic acids is 1. The van der Waals surface area contributed by atoms with Crippen molar-refractivity contribution >= 4 is 35.4 Å². The molecule has 34 heavy (non-hydrogen) atoms. The standard InChI is InChI=1S/C24H21ClN2O7/c1-31-20-10-15(11-21(32-2)22(20)33-3)24(30)34-17-7-4-14(5-8-17)13-26-27-16-6-9-19(25)18(12-16)23(28)29/h4-13,27H,1-3H3,(H,28,29)/b26-13+. The second kappa shape index (κ2) is 11.1. The van der Waals surface area contributed by atoms with Crippen LogP contribution in [-0.4, -0.2) is 44.6 Å². The maximum Gasteiger partial charge on any atom is 0.343 e. The first-order valence-corrected chi connectivity index (χ1v) is 10.2. The van der Waals surface area contributed by atoms with Gasteiger partial charge in [0, 0.05) is 0 Å². The second-order valence-corrected chi connectivity index (χ2v) is 7.15. The van der Waals surface area contributed by atoms with Gasteiger partial charge in [-0.2, -0.15) is 5.10 Å². The van der Waals surface area contributed by atoms with Crippen LogP contribution in [0.15, 0.2) is 59.7 Å². The highest BCUT2D eigenvalue weighted by molar-refractivity contribution is 6.33. The van der Waals surface area contributed by atoms with Crippen molar-refractivity contribution in [3.63, 3.8) is 0 Å². The third kappa shape index (κ3) is 5.76. The topological polar surface area (TPSA) is 116 Å². The average Bonchev–Trinajstić information content (AvgIpc) is 2.84. The van der Waals surface area contributed by atoms with Gasteiger partial charge in [-0.1, -0.05) is 11.6 Å². The van der Waals surface area contributed by atoms with Crippen molar-refractivity contribution in [2.24, 2.45) is 5.10 Å². The lowest BCUT2D eigenvalue weighted by atomic mass is 10.2. The van der Waals surface area contributed by atoms with E-state index in [9.17, 15) is 9.59 Å². The zero-order valence-corrected chi connectivity index (χ0v) is 19.3. The molecule has 0 saturated heterocycles. The predicted molar refractivity (Wildman–Crippen MR) is 127 cm³/mol. The van der Waals surface area contributed by atoms with Crippen LogP contribution in [-0.2, 0) is 0 Å². The van der Waals surface area contributed by atoms with Crippen LogP contribution in [0.25, 0.3) is 0 Å². The minimum absolute atomic E-state index is 0.0277. The molecule has 0 bridgehead atoms. The Hall–Kier alpha value is -4.24. The molecule has 0 radical (unpaired) electrons. The highest BCUT2D eigenvalue weighted by Crippen LogP contribution is 2.38. The number of ether oxygens (including phenoxy) is 4. The number of carbonyl (C=O) groups is 2. The number of halogens is 1. The number of carboxylic acids is 1. The highest BCUT2D eigenvalue weighted by Gasteiger charge is 2.18. The molecule has 10 heteroatoms. The second-order valence-electron chi connectivity index (χ2n) is 6.74. The van der Waals surface area contributed by atoms with Gasteiger partial charge in [-0.3, -0.25) is 5.43 Å². The van der Waals surface area contributed by atoms with Gasteiger partial charge in [-0.25, -0.2) is 9.59 Å². The average molecular weight is 485 g/mol. The Balaban J connectivity index is 1.66. The van der Waals surface area contributed by atoms with E-state index >= 15 is 0 Å². The number of hydrogen-bond donors (Lipinski definition) is 2. The summed E-state index contributed by atoms with van der Waals surface area (Å²) in [7, 11) is 4.39. The summed E-state index contributed by atoms with van der Waals surface area (Å²) in [6, 6.07) is 14.1. The first kappa shape index (κ1) is 24.4. The SMILES string of the molecule is COc1cc(C(=O)Oc2ccc(/C=N/Nc3ccc(Cl)c(C(=O)O)c3)cc2)cc(OC)c1OC. The van der Waals surface area contributed by atoms with Gasteiger partial charge in [0.2, 0.25) is 5.75 Å². The minimum Gasteiger partial charge on any atom is -0.493 e. The molecule has 0 heterocycles. The summed E-state index contributed by atoms with van der Waals surface area (Å²) in [5, 5.41) is 13.3. The zero-order chi connectivity index (χ0) is 24.7. The normalized spacial score (nSPS) is 10.6. The van der Waals surface area contributed by atoms with Gasteiger partial charge in [0.1, 0.15) is 5.75 Å². The Morgan fingerprint density at radius 1 is 0.941 bits per heavy atom. The van der Waals surface area contributed by atoms with Crippen LogP contribution < -0.4 is 24.4 Å². The summed E-state index contributed by atoms with van der Waals surface area (Å²) < 4.78 is 21.2. The molecule has 0 fully saturated rings. The van der Waals surface area contributed by atoms with Crippen LogP contribution in [0.4, 0.5) is 5.69 Å². The van der Waals surface area contributed by atoms with E-state index in [1.54, 1.807) is 30.3 Å². The van der Waals surface area contributed by atoms with Crippen LogP contribution >= 0.6 is 11.6 Å². The van der Waals surface area contributed by atoms with Crippen molar-refractivity contribution in [3.05, 3.63) is 76.3 Å².